The Morgan fingerprint density at radius 3 is 2.79 bits per heavy atom. The summed E-state index contributed by atoms with van der Waals surface area (Å²) >= 11 is 5.38. The summed E-state index contributed by atoms with van der Waals surface area (Å²) in [6.45, 7) is 1.68. The molecule has 0 aromatic heterocycles. The Labute approximate surface area is 105 Å². The van der Waals surface area contributed by atoms with Crippen LogP contribution in [-0.2, 0) is 6.61 Å². The normalized spacial score (nSPS) is 12.6. The van der Waals surface area contributed by atoms with Crippen LogP contribution in [0, 0.1) is 3.57 Å². The summed E-state index contributed by atoms with van der Waals surface area (Å²) in [6, 6.07) is 5.44. The van der Waals surface area contributed by atoms with Gasteiger partial charge in [-0.2, -0.15) is 0 Å². The van der Waals surface area contributed by atoms with Crippen LogP contribution in [0.5, 0.6) is 0 Å². The number of Topliss-reactive ketones (excluding diaryl/α,β-unsaturated/α-hetero) is 1. The number of aliphatic hydroxyl groups excluding tert-OH is 1. The maximum Gasteiger partial charge on any atom is 0.176 e. The van der Waals surface area contributed by atoms with E-state index in [0.717, 1.165) is 3.57 Å². The fourth-order valence-corrected chi connectivity index (χ4v) is 1.95. The van der Waals surface area contributed by atoms with Crippen molar-refractivity contribution in [2.24, 2.45) is 0 Å². The molecule has 1 atom stereocenters. The number of hydrogen-bond donors (Lipinski definition) is 1. The molecule has 76 valence electrons. The summed E-state index contributed by atoms with van der Waals surface area (Å²) in [7, 11) is 0. The summed E-state index contributed by atoms with van der Waals surface area (Å²) in [5.41, 5.74) is 1.28. The molecule has 4 heteroatoms. The number of benzene rings is 1. The zero-order chi connectivity index (χ0) is 10.7. The van der Waals surface area contributed by atoms with Crippen LogP contribution in [0.3, 0.4) is 0 Å². The van der Waals surface area contributed by atoms with Crippen molar-refractivity contribution >= 4 is 44.3 Å². The van der Waals surface area contributed by atoms with E-state index >= 15 is 0 Å². The first-order chi connectivity index (χ1) is 6.56. The molecule has 1 unspecified atom stereocenters. The maximum atomic E-state index is 11.7. The Morgan fingerprint density at radius 2 is 2.29 bits per heavy atom. The topological polar surface area (TPSA) is 37.3 Å². The second-order valence-corrected chi connectivity index (χ2v) is 5.56. The highest BCUT2D eigenvalue weighted by Gasteiger charge is 2.15. The zero-order valence-corrected chi connectivity index (χ0v) is 11.4. The maximum absolute atomic E-state index is 11.7. The molecular weight excluding hydrogens is 359 g/mol. The molecule has 1 aromatic rings. The predicted octanol–water partition coefficient (Wildman–Crippen LogP) is 2.75. The number of aliphatic hydroxyl groups is 1. The molecule has 2 nitrogen and oxygen atoms in total. The van der Waals surface area contributed by atoms with Crippen molar-refractivity contribution in [2.45, 2.75) is 18.4 Å². The van der Waals surface area contributed by atoms with Gasteiger partial charge in [0.05, 0.1) is 11.4 Å². The molecule has 0 spiro atoms. The van der Waals surface area contributed by atoms with Crippen LogP contribution in [-0.4, -0.2) is 15.7 Å². The monoisotopic (exact) mass is 368 g/mol. The molecular formula is C10H10BrIO2. The fourth-order valence-electron chi connectivity index (χ4n) is 1.15. The molecule has 0 aliphatic rings. The average molecular weight is 369 g/mol. The first kappa shape index (κ1) is 12.1. The fraction of sp³-hybridized carbons (Fsp3) is 0.300. The summed E-state index contributed by atoms with van der Waals surface area (Å²) in [5.74, 6) is 0.00505. The van der Waals surface area contributed by atoms with E-state index in [4.69, 9.17) is 5.11 Å². The van der Waals surface area contributed by atoms with Gasteiger partial charge in [-0.15, -0.1) is 0 Å². The van der Waals surface area contributed by atoms with Crippen LogP contribution >= 0.6 is 38.5 Å². The summed E-state index contributed by atoms with van der Waals surface area (Å²) < 4.78 is 1.02. The van der Waals surface area contributed by atoms with Gasteiger partial charge in [-0.05, 0) is 53.3 Å². The molecule has 0 saturated heterocycles. The van der Waals surface area contributed by atoms with Gasteiger partial charge in [0.25, 0.3) is 0 Å². The highest BCUT2D eigenvalue weighted by Crippen LogP contribution is 2.17. The minimum absolute atomic E-state index is 0.00505. The number of ketones is 1. The quantitative estimate of drug-likeness (QED) is 0.506. The van der Waals surface area contributed by atoms with Crippen molar-refractivity contribution in [1.82, 2.24) is 0 Å². The summed E-state index contributed by atoms with van der Waals surface area (Å²) in [4.78, 5) is 11.5. The number of halogens is 2. The minimum Gasteiger partial charge on any atom is -0.392 e. The highest BCUT2D eigenvalue weighted by atomic mass is 127. The van der Waals surface area contributed by atoms with E-state index in [1.807, 2.05) is 12.1 Å². The number of alkyl halides is 1. The van der Waals surface area contributed by atoms with Crippen molar-refractivity contribution in [1.29, 1.82) is 0 Å². The minimum atomic E-state index is -0.215. The second kappa shape index (κ2) is 5.23. The van der Waals surface area contributed by atoms with Crippen LogP contribution in [0.1, 0.15) is 22.8 Å². The van der Waals surface area contributed by atoms with Gasteiger partial charge in [-0.25, -0.2) is 0 Å². The second-order valence-electron chi connectivity index (χ2n) is 2.94. The SMILES string of the molecule is CC(Br)C(=O)c1ccc(I)cc1CO. The van der Waals surface area contributed by atoms with Crippen LogP contribution in [0.2, 0.25) is 0 Å². The Hall–Kier alpha value is 0.0600. The molecule has 0 aliphatic heterocycles. The van der Waals surface area contributed by atoms with Gasteiger partial charge in [0, 0.05) is 9.13 Å². The molecule has 1 aromatic carbocycles. The van der Waals surface area contributed by atoms with Crippen LogP contribution < -0.4 is 0 Å². The molecule has 0 saturated carbocycles. The number of carbonyl (C=O) groups is 1. The summed E-state index contributed by atoms with van der Waals surface area (Å²) in [6.07, 6.45) is 0. The van der Waals surface area contributed by atoms with Crippen molar-refractivity contribution < 1.29 is 9.90 Å². The first-order valence-electron chi connectivity index (χ1n) is 4.14. The molecule has 14 heavy (non-hydrogen) atoms. The van der Waals surface area contributed by atoms with Crippen LogP contribution in [0.4, 0.5) is 0 Å². The van der Waals surface area contributed by atoms with E-state index in [9.17, 15) is 4.79 Å². The van der Waals surface area contributed by atoms with E-state index in [2.05, 4.69) is 38.5 Å². The lowest BCUT2D eigenvalue weighted by molar-refractivity contribution is 0.0993. The van der Waals surface area contributed by atoms with Gasteiger partial charge in [-0.3, -0.25) is 4.79 Å². The summed E-state index contributed by atoms with van der Waals surface area (Å²) in [5, 5.41) is 9.10. The Bertz CT molecular complexity index is 350. The smallest absolute Gasteiger partial charge is 0.176 e. The average Bonchev–Trinajstić information content (AvgIpc) is 2.16. The lowest BCUT2D eigenvalue weighted by Gasteiger charge is -2.08. The van der Waals surface area contributed by atoms with E-state index < -0.39 is 0 Å². The third kappa shape index (κ3) is 2.77. The van der Waals surface area contributed by atoms with Crippen molar-refractivity contribution in [2.75, 3.05) is 0 Å². The molecule has 0 fully saturated rings. The highest BCUT2D eigenvalue weighted by molar-refractivity contribution is 14.1. The standard InChI is InChI=1S/C10H10BrIO2/c1-6(11)10(14)9-3-2-8(12)4-7(9)5-13/h2-4,6,13H,5H2,1H3. The molecule has 0 bridgehead atoms. The van der Waals surface area contributed by atoms with Gasteiger partial charge < -0.3 is 5.11 Å². The van der Waals surface area contributed by atoms with Gasteiger partial charge in [-0.1, -0.05) is 15.9 Å². The number of rotatable bonds is 3. The van der Waals surface area contributed by atoms with Gasteiger partial charge in [0.15, 0.2) is 5.78 Å². The van der Waals surface area contributed by atoms with Crippen molar-refractivity contribution in [3.8, 4) is 0 Å². The van der Waals surface area contributed by atoms with Crippen LogP contribution in [0.15, 0.2) is 18.2 Å². The van der Waals surface area contributed by atoms with E-state index in [1.54, 1.807) is 13.0 Å². The van der Waals surface area contributed by atoms with Gasteiger partial charge in [0.1, 0.15) is 0 Å². The molecule has 0 heterocycles. The van der Waals surface area contributed by atoms with E-state index in [-0.39, 0.29) is 17.2 Å². The number of carbonyl (C=O) groups excluding carboxylic acids is 1. The largest absolute Gasteiger partial charge is 0.392 e. The van der Waals surface area contributed by atoms with E-state index in [0.29, 0.717) is 11.1 Å². The Balaban J connectivity index is 3.14. The molecule has 0 aliphatic carbocycles. The van der Waals surface area contributed by atoms with Gasteiger partial charge >= 0.3 is 0 Å². The third-order valence-electron chi connectivity index (χ3n) is 1.86. The van der Waals surface area contributed by atoms with Crippen LogP contribution in [0.25, 0.3) is 0 Å². The lowest BCUT2D eigenvalue weighted by Crippen LogP contribution is -2.12. The molecule has 0 amide bonds. The Morgan fingerprint density at radius 1 is 1.64 bits per heavy atom. The molecule has 1 rings (SSSR count). The number of hydrogen-bond acceptors (Lipinski definition) is 2. The predicted molar refractivity (Wildman–Crippen MR) is 67.8 cm³/mol. The zero-order valence-electron chi connectivity index (χ0n) is 7.63. The van der Waals surface area contributed by atoms with Crippen molar-refractivity contribution in [3.05, 3.63) is 32.9 Å². The van der Waals surface area contributed by atoms with E-state index in [1.165, 1.54) is 0 Å². The Kier molecular flexibility index (Phi) is 4.53. The molecule has 0 radical (unpaired) electrons. The third-order valence-corrected chi connectivity index (χ3v) is 2.95. The molecule has 1 N–H and O–H groups in total. The van der Waals surface area contributed by atoms with Gasteiger partial charge in [0.2, 0.25) is 0 Å². The van der Waals surface area contributed by atoms with Crippen molar-refractivity contribution in [3.63, 3.8) is 0 Å². The first-order valence-corrected chi connectivity index (χ1v) is 6.13. The lowest BCUT2D eigenvalue weighted by atomic mass is 10.0.